The molecule has 0 spiro atoms. The van der Waals surface area contributed by atoms with E-state index in [0.29, 0.717) is 16.3 Å². The highest BCUT2D eigenvalue weighted by Crippen LogP contribution is 2.27. The summed E-state index contributed by atoms with van der Waals surface area (Å²) >= 11 is 11.8. The fourth-order valence-corrected chi connectivity index (χ4v) is 1.70. The van der Waals surface area contributed by atoms with E-state index in [9.17, 15) is 4.79 Å². The second kappa shape index (κ2) is 4.69. The lowest BCUT2D eigenvalue weighted by molar-refractivity contribution is 0.0683. The summed E-state index contributed by atoms with van der Waals surface area (Å²) in [4.78, 5) is 18.3. The zero-order valence-electron chi connectivity index (χ0n) is 8.39. The first-order valence-corrected chi connectivity index (χ1v) is 5.35. The number of nitrogens with zero attached hydrogens (tertiary/aromatic N) is 2. The molecule has 86 valence electrons. The van der Waals surface area contributed by atoms with Gasteiger partial charge in [-0.2, -0.15) is 0 Å². The normalized spacial score (nSPS) is 10.2. The molecule has 0 aliphatic carbocycles. The summed E-state index contributed by atoms with van der Waals surface area (Å²) in [6.45, 7) is 0. The molecule has 0 fully saturated rings. The number of carbonyl (C=O) groups is 1. The second-order valence-electron chi connectivity index (χ2n) is 3.21. The van der Waals surface area contributed by atoms with Crippen molar-refractivity contribution in [2.24, 2.45) is 0 Å². The molecule has 0 saturated heterocycles. The third-order valence-corrected chi connectivity index (χ3v) is 2.55. The number of aromatic carboxylic acids is 1. The molecular formula is C11H6Cl2N2O2. The average Bonchev–Trinajstić information content (AvgIpc) is 2.29. The quantitative estimate of drug-likeness (QED) is 0.909. The molecule has 0 bridgehead atoms. The van der Waals surface area contributed by atoms with Gasteiger partial charge in [0.15, 0.2) is 0 Å². The van der Waals surface area contributed by atoms with Gasteiger partial charge in [0.05, 0.1) is 16.9 Å². The first-order valence-electron chi connectivity index (χ1n) is 4.59. The number of aromatic nitrogens is 2. The Morgan fingerprint density at radius 3 is 2.71 bits per heavy atom. The minimum Gasteiger partial charge on any atom is -0.475 e. The van der Waals surface area contributed by atoms with Crippen LogP contribution in [0.25, 0.3) is 11.3 Å². The Labute approximate surface area is 107 Å². The molecule has 0 amide bonds. The van der Waals surface area contributed by atoms with Crippen LogP contribution in [-0.4, -0.2) is 21.0 Å². The number of carboxylic acids is 1. The van der Waals surface area contributed by atoms with E-state index >= 15 is 0 Å². The molecule has 2 aromatic rings. The maximum Gasteiger partial charge on any atom is 0.373 e. The predicted molar refractivity (Wildman–Crippen MR) is 64.4 cm³/mol. The summed E-state index contributed by atoms with van der Waals surface area (Å²) in [5.74, 6) is -1.51. The first kappa shape index (κ1) is 11.8. The summed E-state index contributed by atoms with van der Waals surface area (Å²) in [5.41, 5.74) is 0.994. The highest BCUT2D eigenvalue weighted by atomic mass is 35.5. The van der Waals surface area contributed by atoms with Crippen molar-refractivity contribution in [3.63, 3.8) is 0 Å². The van der Waals surface area contributed by atoms with E-state index in [-0.39, 0.29) is 10.8 Å². The monoisotopic (exact) mass is 268 g/mol. The molecule has 2 rings (SSSR count). The van der Waals surface area contributed by atoms with E-state index in [4.69, 9.17) is 28.3 Å². The van der Waals surface area contributed by atoms with Gasteiger partial charge < -0.3 is 5.11 Å². The molecule has 0 saturated carbocycles. The highest BCUT2D eigenvalue weighted by molar-refractivity contribution is 6.33. The number of halogens is 2. The minimum absolute atomic E-state index is 0.275. The van der Waals surface area contributed by atoms with Crippen LogP contribution in [0, 0.1) is 0 Å². The lowest BCUT2D eigenvalue weighted by Gasteiger charge is -2.04. The number of rotatable bonds is 2. The van der Waals surface area contributed by atoms with Crippen molar-refractivity contribution in [1.82, 2.24) is 9.97 Å². The molecule has 1 aromatic carbocycles. The van der Waals surface area contributed by atoms with Crippen LogP contribution in [0.3, 0.4) is 0 Å². The van der Waals surface area contributed by atoms with E-state index in [1.54, 1.807) is 24.3 Å². The number of benzene rings is 1. The van der Waals surface area contributed by atoms with E-state index in [0.717, 1.165) is 0 Å². The smallest absolute Gasteiger partial charge is 0.373 e. The van der Waals surface area contributed by atoms with Gasteiger partial charge in [-0.05, 0) is 12.1 Å². The summed E-state index contributed by atoms with van der Waals surface area (Å²) in [7, 11) is 0. The molecule has 0 radical (unpaired) electrons. The molecule has 0 aliphatic heterocycles. The fourth-order valence-electron chi connectivity index (χ4n) is 1.31. The molecule has 1 heterocycles. The summed E-state index contributed by atoms with van der Waals surface area (Å²) in [5, 5.41) is 9.61. The van der Waals surface area contributed by atoms with Crippen LogP contribution in [0.4, 0.5) is 0 Å². The zero-order chi connectivity index (χ0) is 12.4. The van der Waals surface area contributed by atoms with Gasteiger partial charge in [-0.3, -0.25) is 0 Å². The van der Waals surface area contributed by atoms with Gasteiger partial charge in [0.25, 0.3) is 0 Å². The van der Waals surface area contributed by atoms with Gasteiger partial charge in [-0.15, -0.1) is 0 Å². The predicted octanol–water partition coefficient (Wildman–Crippen LogP) is 3.15. The standard InChI is InChI=1S/C11H6Cl2N2O2/c12-7-3-1-2-6(4-7)9-8(13)5-14-10(15-9)11(16)17/h1-5H,(H,16,17). The number of hydrogen-bond acceptors (Lipinski definition) is 3. The Balaban J connectivity index is 2.58. The van der Waals surface area contributed by atoms with Crippen LogP contribution in [0.15, 0.2) is 30.5 Å². The Hall–Kier alpha value is -1.65. The Morgan fingerprint density at radius 1 is 1.29 bits per heavy atom. The maximum atomic E-state index is 10.8. The molecule has 0 aliphatic rings. The van der Waals surface area contributed by atoms with Crippen molar-refractivity contribution in [1.29, 1.82) is 0 Å². The molecule has 0 atom stereocenters. The highest BCUT2D eigenvalue weighted by Gasteiger charge is 2.12. The van der Waals surface area contributed by atoms with Crippen molar-refractivity contribution in [3.05, 3.63) is 46.3 Å². The van der Waals surface area contributed by atoms with E-state index in [2.05, 4.69) is 9.97 Å². The van der Waals surface area contributed by atoms with Gasteiger partial charge in [0.2, 0.25) is 5.82 Å². The van der Waals surface area contributed by atoms with Crippen molar-refractivity contribution in [3.8, 4) is 11.3 Å². The lowest BCUT2D eigenvalue weighted by atomic mass is 10.1. The summed E-state index contributed by atoms with van der Waals surface area (Å²) in [6, 6.07) is 6.84. The van der Waals surface area contributed by atoms with Gasteiger partial charge in [-0.25, -0.2) is 14.8 Å². The van der Waals surface area contributed by atoms with Crippen LogP contribution in [-0.2, 0) is 0 Å². The average molecular weight is 269 g/mol. The van der Waals surface area contributed by atoms with Crippen LogP contribution in [0.5, 0.6) is 0 Å². The van der Waals surface area contributed by atoms with Crippen molar-refractivity contribution >= 4 is 29.2 Å². The van der Waals surface area contributed by atoms with Gasteiger partial charge in [-0.1, -0.05) is 35.3 Å². The van der Waals surface area contributed by atoms with E-state index in [1.807, 2.05) is 0 Å². The van der Waals surface area contributed by atoms with Crippen LogP contribution in [0.1, 0.15) is 10.6 Å². The molecule has 17 heavy (non-hydrogen) atoms. The number of carboxylic acid groups (broad SMARTS) is 1. The topological polar surface area (TPSA) is 63.1 Å². The van der Waals surface area contributed by atoms with Crippen molar-refractivity contribution in [2.75, 3.05) is 0 Å². The van der Waals surface area contributed by atoms with Gasteiger partial charge in [0, 0.05) is 10.6 Å². The van der Waals surface area contributed by atoms with Gasteiger partial charge >= 0.3 is 5.97 Å². The third-order valence-electron chi connectivity index (χ3n) is 2.03. The number of hydrogen-bond donors (Lipinski definition) is 1. The van der Waals surface area contributed by atoms with Crippen molar-refractivity contribution < 1.29 is 9.90 Å². The largest absolute Gasteiger partial charge is 0.475 e. The maximum absolute atomic E-state index is 10.8. The second-order valence-corrected chi connectivity index (χ2v) is 4.05. The van der Waals surface area contributed by atoms with E-state index < -0.39 is 5.97 Å². The Kier molecular flexibility index (Phi) is 3.26. The molecular weight excluding hydrogens is 263 g/mol. The fraction of sp³-hybridized carbons (Fsp3) is 0. The SMILES string of the molecule is O=C(O)c1ncc(Cl)c(-c2cccc(Cl)c2)n1. The molecule has 4 nitrogen and oxygen atoms in total. The Bertz CT molecular complexity index is 587. The molecule has 1 N–H and O–H groups in total. The minimum atomic E-state index is -1.20. The van der Waals surface area contributed by atoms with Gasteiger partial charge in [0.1, 0.15) is 0 Å². The zero-order valence-corrected chi connectivity index (χ0v) is 9.90. The lowest BCUT2D eigenvalue weighted by Crippen LogP contribution is -2.04. The first-order chi connectivity index (χ1) is 8.08. The molecule has 0 unspecified atom stereocenters. The summed E-state index contributed by atoms with van der Waals surface area (Å²) in [6.07, 6.45) is 1.26. The van der Waals surface area contributed by atoms with Crippen LogP contribution < -0.4 is 0 Å². The molecule has 1 aromatic heterocycles. The van der Waals surface area contributed by atoms with Crippen LogP contribution >= 0.6 is 23.2 Å². The van der Waals surface area contributed by atoms with E-state index in [1.165, 1.54) is 6.20 Å². The van der Waals surface area contributed by atoms with Crippen LogP contribution in [0.2, 0.25) is 10.0 Å². The molecule has 6 heteroatoms. The Morgan fingerprint density at radius 2 is 2.06 bits per heavy atom. The summed E-state index contributed by atoms with van der Waals surface area (Å²) < 4.78 is 0. The third kappa shape index (κ3) is 2.54. The van der Waals surface area contributed by atoms with Crippen molar-refractivity contribution in [2.45, 2.75) is 0 Å².